The maximum atomic E-state index is 13.2. The van der Waals surface area contributed by atoms with E-state index in [1.807, 2.05) is 18.2 Å². The third-order valence-corrected chi connectivity index (χ3v) is 7.26. The van der Waals surface area contributed by atoms with Gasteiger partial charge in [-0.25, -0.2) is 14.8 Å². The molecule has 3 aromatic heterocycles. The Morgan fingerprint density at radius 2 is 1.94 bits per heavy atom. The molecule has 10 nitrogen and oxygen atoms in total. The van der Waals surface area contributed by atoms with E-state index in [-0.39, 0.29) is 29.5 Å². The number of ether oxygens (including phenoxy) is 1. The molecule has 4 aromatic rings. The maximum Gasteiger partial charge on any atom is 0.332 e. The van der Waals surface area contributed by atoms with E-state index in [4.69, 9.17) is 9.72 Å². The van der Waals surface area contributed by atoms with Gasteiger partial charge < -0.3 is 9.30 Å². The van der Waals surface area contributed by atoms with Gasteiger partial charge in [0.15, 0.2) is 16.3 Å². The van der Waals surface area contributed by atoms with Crippen LogP contribution >= 0.6 is 11.8 Å². The Hall–Kier alpha value is -3.18. The van der Waals surface area contributed by atoms with E-state index in [0.29, 0.717) is 52.5 Å². The van der Waals surface area contributed by atoms with Crippen LogP contribution in [0.4, 0.5) is 0 Å². The summed E-state index contributed by atoms with van der Waals surface area (Å²) in [5.41, 5.74) is 0.626. The summed E-state index contributed by atoms with van der Waals surface area (Å²) in [4.78, 5) is 47.7. The lowest BCUT2D eigenvalue weighted by molar-refractivity contribution is 0.0937. The van der Waals surface area contributed by atoms with Crippen molar-refractivity contribution >= 4 is 33.8 Å². The maximum absolute atomic E-state index is 13.2. The lowest BCUT2D eigenvalue weighted by Crippen LogP contribution is -2.39. The molecule has 1 aliphatic rings. The highest BCUT2D eigenvalue weighted by Gasteiger charge is 2.20. The van der Waals surface area contributed by atoms with Gasteiger partial charge in [-0.15, -0.1) is 0 Å². The molecule has 0 radical (unpaired) electrons. The molecule has 0 unspecified atom stereocenters. The van der Waals surface area contributed by atoms with Crippen molar-refractivity contribution in [1.29, 1.82) is 0 Å². The second-order valence-electron chi connectivity index (χ2n) is 8.49. The van der Waals surface area contributed by atoms with Gasteiger partial charge in [-0.3, -0.25) is 23.3 Å². The summed E-state index contributed by atoms with van der Waals surface area (Å²) in [5, 5.41) is 1.21. The van der Waals surface area contributed by atoms with Crippen molar-refractivity contribution in [3.05, 3.63) is 61.8 Å². The Balaban J connectivity index is 1.38. The first-order valence-corrected chi connectivity index (χ1v) is 12.3. The van der Waals surface area contributed by atoms with Crippen LogP contribution in [0.15, 0.2) is 50.1 Å². The fraction of sp³-hybridized carbons (Fsp3) is 0.435. The Bertz CT molecular complexity index is 1540. The zero-order valence-electron chi connectivity index (χ0n) is 19.1. The molecular formula is C23H26N6O4S. The number of thioether (sulfide) groups is 1. The van der Waals surface area contributed by atoms with E-state index in [2.05, 4.69) is 4.98 Å². The molecule has 34 heavy (non-hydrogen) atoms. The van der Waals surface area contributed by atoms with Crippen LogP contribution in [-0.2, 0) is 31.9 Å². The van der Waals surface area contributed by atoms with Crippen LogP contribution in [0.3, 0.4) is 0 Å². The molecule has 11 heteroatoms. The topological polar surface area (TPSA) is 106 Å². The Kier molecular flexibility index (Phi) is 6.13. The molecule has 1 aromatic carbocycles. The first kappa shape index (κ1) is 22.6. The van der Waals surface area contributed by atoms with Crippen LogP contribution in [0.5, 0.6) is 0 Å². The number of benzene rings is 1. The monoisotopic (exact) mass is 482 g/mol. The molecule has 0 aliphatic carbocycles. The molecule has 4 heterocycles. The summed E-state index contributed by atoms with van der Waals surface area (Å²) in [6, 6.07) is 7.34. The zero-order valence-corrected chi connectivity index (χ0v) is 20.0. The highest BCUT2D eigenvalue weighted by molar-refractivity contribution is 7.99. The molecule has 1 saturated heterocycles. The highest BCUT2D eigenvalue weighted by Crippen LogP contribution is 2.21. The second-order valence-corrected chi connectivity index (χ2v) is 9.55. The van der Waals surface area contributed by atoms with Crippen molar-refractivity contribution in [3.8, 4) is 0 Å². The van der Waals surface area contributed by atoms with Gasteiger partial charge in [0.1, 0.15) is 0 Å². The molecule has 5 rings (SSSR count). The summed E-state index contributed by atoms with van der Waals surface area (Å²) in [6.45, 7) is 1.45. The number of aromatic nitrogens is 6. The number of imidazole rings is 1. The first-order chi connectivity index (χ1) is 16.5. The predicted molar refractivity (Wildman–Crippen MR) is 131 cm³/mol. The van der Waals surface area contributed by atoms with Gasteiger partial charge in [0.2, 0.25) is 0 Å². The summed E-state index contributed by atoms with van der Waals surface area (Å²) < 4.78 is 11.7. The minimum Gasteiger partial charge on any atom is -0.376 e. The number of aryl methyl sites for hydroxylation is 2. The van der Waals surface area contributed by atoms with E-state index in [1.54, 1.807) is 29.3 Å². The standard InChI is InChI=1S/C23H26N6O4S/c1-26-14-24-19-18(26)21(31)28(23(32)27(19)2)10-6-12-34-22-25-17-9-4-3-8-16(17)20(30)29(22)13-15-7-5-11-33-15/h3-4,8-9,14-15H,5-7,10-13H2,1-2H3/t15-/m1/s1. The lowest BCUT2D eigenvalue weighted by atomic mass is 10.2. The number of fused-ring (bicyclic) bond motifs is 2. The van der Waals surface area contributed by atoms with Gasteiger partial charge in [-0.2, -0.15) is 0 Å². The quantitative estimate of drug-likeness (QED) is 0.223. The van der Waals surface area contributed by atoms with Crippen LogP contribution in [0, 0.1) is 0 Å². The third-order valence-electron chi connectivity index (χ3n) is 6.20. The molecule has 0 amide bonds. The zero-order chi connectivity index (χ0) is 23.8. The number of para-hydroxylation sites is 1. The molecule has 1 atom stereocenters. The second kappa shape index (κ2) is 9.22. The highest BCUT2D eigenvalue weighted by atomic mass is 32.2. The molecule has 0 N–H and O–H groups in total. The molecule has 0 bridgehead atoms. The van der Waals surface area contributed by atoms with Gasteiger partial charge >= 0.3 is 5.69 Å². The molecular weight excluding hydrogens is 456 g/mol. The molecule has 178 valence electrons. The average Bonchev–Trinajstić information content (AvgIpc) is 3.49. The third kappa shape index (κ3) is 3.98. The molecule has 0 spiro atoms. The van der Waals surface area contributed by atoms with Crippen molar-refractivity contribution in [2.45, 2.75) is 43.6 Å². The minimum atomic E-state index is -0.389. The van der Waals surface area contributed by atoms with Gasteiger partial charge in [-0.1, -0.05) is 23.9 Å². The van der Waals surface area contributed by atoms with Crippen molar-refractivity contribution in [1.82, 2.24) is 28.2 Å². The van der Waals surface area contributed by atoms with Crippen molar-refractivity contribution in [2.24, 2.45) is 14.1 Å². The SMILES string of the molecule is Cn1cnc2c1c(=O)n(CCCSc1nc3ccccc3c(=O)n1C[C@H]1CCCO1)c(=O)n2C. The molecule has 1 fully saturated rings. The van der Waals surface area contributed by atoms with Crippen LogP contribution in [0.1, 0.15) is 19.3 Å². The Labute approximate surface area is 198 Å². The number of rotatable bonds is 7. The van der Waals surface area contributed by atoms with Gasteiger partial charge in [0, 0.05) is 33.0 Å². The van der Waals surface area contributed by atoms with Crippen LogP contribution < -0.4 is 16.8 Å². The summed E-state index contributed by atoms with van der Waals surface area (Å²) in [5.74, 6) is 0.593. The van der Waals surface area contributed by atoms with E-state index < -0.39 is 0 Å². The van der Waals surface area contributed by atoms with E-state index in [1.165, 1.54) is 27.2 Å². The van der Waals surface area contributed by atoms with Crippen molar-refractivity contribution in [2.75, 3.05) is 12.4 Å². The van der Waals surface area contributed by atoms with Gasteiger partial charge in [0.25, 0.3) is 11.1 Å². The summed E-state index contributed by atoms with van der Waals surface area (Å²) in [7, 11) is 3.35. The minimum absolute atomic E-state index is 0.00670. The van der Waals surface area contributed by atoms with Crippen molar-refractivity contribution < 1.29 is 4.74 Å². The summed E-state index contributed by atoms with van der Waals surface area (Å²) >= 11 is 1.46. The van der Waals surface area contributed by atoms with E-state index in [9.17, 15) is 14.4 Å². The Morgan fingerprint density at radius 1 is 1.12 bits per heavy atom. The smallest absolute Gasteiger partial charge is 0.332 e. The van der Waals surface area contributed by atoms with Gasteiger partial charge in [-0.05, 0) is 31.4 Å². The number of nitrogens with zero attached hydrogens (tertiary/aromatic N) is 6. The van der Waals surface area contributed by atoms with Crippen molar-refractivity contribution in [3.63, 3.8) is 0 Å². The average molecular weight is 483 g/mol. The fourth-order valence-electron chi connectivity index (χ4n) is 4.39. The lowest BCUT2D eigenvalue weighted by Gasteiger charge is -2.16. The van der Waals surface area contributed by atoms with Crippen LogP contribution in [-0.4, -0.2) is 46.7 Å². The first-order valence-electron chi connectivity index (χ1n) is 11.3. The number of hydrogen-bond acceptors (Lipinski definition) is 7. The normalized spacial score (nSPS) is 16.1. The predicted octanol–water partition coefficient (Wildman–Crippen LogP) is 1.50. The number of hydrogen-bond donors (Lipinski definition) is 0. The van der Waals surface area contributed by atoms with E-state index in [0.717, 1.165) is 12.8 Å². The Morgan fingerprint density at radius 3 is 2.74 bits per heavy atom. The summed E-state index contributed by atoms with van der Waals surface area (Å²) in [6.07, 6.45) is 4.02. The molecule has 1 aliphatic heterocycles. The molecule has 0 saturated carbocycles. The van der Waals surface area contributed by atoms with Crippen LogP contribution in [0.25, 0.3) is 22.1 Å². The van der Waals surface area contributed by atoms with Crippen LogP contribution in [0.2, 0.25) is 0 Å². The van der Waals surface area contributed by atoms with Gasteiger partial charge in [0.05, 0.1) is 29.9 Å². The largest absolute Gasteiger partial charge is 0.376 e. The fourth-order valence-corrected chi connectivity index (χ4v) is 5.32. The van der Waals surface area contributed by atoms with E-state index >= 15 is 0 Å².